The standard InChI is InChI=1S/C35H42F4N4O6S/c1-4-5-17-49-29-7-6-25(21-28(29)35(37,38)39)30-40-32(45)34(41-30)11-15-43(16-12-34)50(47,48)18-8-27-23(2)19-26(20-24(27)3)31(44)42-13-9-33(46,22-36)10-14-42/h6-8,18-21,46H,4-5,9-17,22H2,1-3H3,(H,40,41,45)/b18-8+/i1D3,4D2,5D2,17D2. The molecule has 2 saturated heterocycles. The van der Waals surface area contributed by atoms with E-state index >= 15 is 0 Å². The van der Waals surface area contributed by atoms with Gasteiger partial charge in [-0.3, -0.25) is 14.6 Å². The molecule has 0 aromatic heterocycles. The van der Waals surface area contributed by atoms with E-state index in [4.69, 9.17) is 17.1 Å². The van der Waals surface area contributed by atoms with Crippen LogP contribution in [0.3, 0.4) is 0 Å². The third-order valence-corrected chi connectivity index (χ3v) is 10.8. The molecule has 0 radical (unpaired) electrons. The maximum atomic E-state index is 14.3. The van der Waals surface area contributed by atoms with Crippen LogP contribution >= 0.6 is 0 Å². The molecule has 15 heteroatoms. The van der Waals surface area contributed by atoms with Crippen LogP contribution in [0.15, 0.2) is 40.7 Å². The van der Waals surface area contributed by atoms with Gasteiger partial charge in [0.25, 0.3) is 11.8 Å². The van der Waals surface area contributed by atoms with Gasteiger partial charge in [0.2, 0.25) is 10.0 Å². The van der Waals surface area contributed by atoms with Crippen molar-refractivity contribution in [3.8, 4) is 5.75 Å². The zero-order valence-corrected chi connectivity index (χ0v) is 28.0. The quantitative estimate of drug-likeness (QED) is 0.326. The number of alkyl halides is 4. The third-order valence-electron chi connectivity index (χ3n) is 9.20. The van der Waals surface area contributed by atoms with Crippen LogP contribution in [0.2, 0.25) is 0 Å². The molecular formula is C35H42F4N4O6S. The summed E-state index contributed by atoms with van der Waals surface area (Å²) in [6.07, 6.45) is -11.9. The highest BCUT2D eigenvalue weighted by molar-refractivity contribution is 7.92. The van der Waals surface area contributed by atoms with E-state index in [1.807, 2.05) is 0 Å². The number of hydrogen-bond donors (Lipinski definition) is 2. The summed E-state index contributed by atoms with van der Waals surface area (Å²) in [4.78, 5) is 32.3. The van der Waals surface area contributed by atoms with Gasteiger partial charge in [-0.2, -0.15) is 17.5 Å². The number of ether oxygens (including phenoxy) is 1. The average molecular weight is 732 g/mol. The number of benzene rings is 2. The monoisotopic (exact) mass is 731 g/mol. The highest BCUT2D eigenvalue weighted by atomic mass is 32.2. The number of sulfonamides is 1. The number of hydrogen-bond acceptors (Lipinski definition) is 7. The van der Waals surface area contributed by atoms with Crippen LogP contribution in [0, 0.1) is 13.8 Å². The highest BCUT2D eigenvalue weighted by Crippen LogP contribution is 2.38. The summed E-state index contributed by atoms with van der Waals surface area (Å²) in [5.41, 5.74) is -2.91. The second kappa shape index (κ2) is 14.4. The van der Waals surface area contributed by atoms with Crippen LogP contribution in [-0.4, -0.2) is 90.9 Å². The fourth-order valence-electron chi connectivity index (χ4n) is 6.24. The molecule has 2 aromatic rings. The van der Waals surface area contributed by atoms with Crippen molar-refractivity contribution in [3.05, 3.63) is 69.1 Å². The molecule has 272 valence electrons. The minimum atomic E-state index is -5.28. The van der Waals surface area contributed by atoms with Crippen LogP contribution in [0.25, 0.3) is 6.08 Å². The largest absolute Gasteiger partial charge is 0.493 e. The number of aryl methyl sites for hydroxylation is 2. The predicted molar refractivity (Wildman–Crippen MR) is 180 cm³/mol. The molecule has 0 aliphatic carbocycles. The summed E-state index contributed by atoms with van der Waals surface area (Å²) in [6, 6.07) is 5.20. The number of carbonyl (C=O) groups excluding carboxylic acids is 2. The normalized spacial score (nSPS) is 23.3. The summed E-state index contributed by atoms with van der Waals surface area (Å²) in [5, 5.41) is 13.6. The van der Waals surface area contributed by atoms with E-state index in [-0.39, 0.29) is 69.2 Å². The first-order chi connectivity index (χ1) is 26.9. The minimum Gasteiger partial charge on any atom is -0.493 e. The van der Waals surface area contributed by atoms with Gasteiger partial charge in [-0.15, -0.1) is 0 Å². The van der Waals surface area contributed by atoms with Gasteiger partial charge >= 0.3 is 6.18 Å². The van der Waals surface area contributed by atoms with E-state index in [2.05, 4.69) is 10.3 Å². The van der Waals surface area contributed by atoms with Crippen molar-refractivity contribution in [2.45, 2.75) is 76.4 Å². The Labute approximate surface area is 301 Å². The third kappa shape index (κ3) is 7.89. The summed E-state index contributed by atoms with van der Waals surface area (Å²) in [7, 11) is -4.08. The Morgan fingerprint density at radius 1 is 1.12 bits per heavy atom. The van der Waals surface area contributed by atoms with Crippen LogP contribution in [0.4, 0.5) is 17.6 Å². The van der Waals surface area contributed by atoms with Crippen molar-refractivity contribution in [1.82, 2.24) is 14.5 Å². The van der Waals surface area contributed by atoms with Gasteiger partial charge in [-0.05, 0) is 99.0 Å². The second-order valence-electron chi connectivity index (χ2n) is 12.5. The molecule has 10 nitrogen and oxygen atoms in total. The Bertz CT molecular complexity index is 2150. The number of aliphatic hydroxyl groups is 1. The molecule has 1 spiro atoms. The van der Waals surface area contributed by atoms with Crippen molar-refractivity contribution in [3.63, 3.8) is 0 Å². The fourth-order valence-corrected chi connectivity index (χ4v) is 7.41. The Kier molecular flexibility index (Phi) is 7.77. The first-order valence-electron chi connectivity index (χ1n) is 20.1. The molecule has 2 N–H and O–H groups in total. The molecule has 3 aliphatic heterocycles. The fraction of sp³-hybridized carbons (Fsp3) is 0.514. The lowest BCUT2D eigenvalue weighted by atomic mass is 9.89. The van der Waals surface area contributed by atoms with Crippen molar-refractivity contribution < 1.29 is 57.7 Å². The lowest BCUT2D eigenvalue weighted by molar-refractivity contribution is -0.139. The Morgan fingerprint density at radius 2 is 1.78 bits per heavy atom. The number of amidine groups is 1. The van der Waals surface area contributed by atoms with E-state index in [0.29, 0.717) is 34.4 Å². The molecule has 0 saturated carbocycles. The SMILES string of the molecule is [2H]C([2H])([2H])C([2H])([2H])C([2H])([2H])C([2H])([2H])Oc1ccc(C2=NC3(CCN(S(=O)(=O)/C=C/c4c(C)cc(C(=O)N5CCC(O)(CF)CC5)cc4C)CC3)C(=O)N2)cc1C(F)(F)F. The topological polar surface area (TPSA) is 129 Å². The van der Waals surface area contributed by atoms with Crippen molar-refractivity contribution in [1.29, 1.82) is 0 Å². The Hall–Kier alpha value is -3.82. The van der Waals surface area contributed by atoms with Gasteiger partial charge in [0.05, 0.1) is 20.5 Å². The number of aliphatic imine (C=N–C) groups is 1. The van der Waals surface area contributed by atoms with E-state index in [9.17, 15) is 40.7 Å². The first-order valence-corrected chi connectivity index (χ1v) is 17.1. The molecule has 0 atom stereocenters. The number of nitrogens with zero attached hydrogens (tertiary/aromatic N) is 3. The lowest BCUT2D eigenvalue weighted by Crippen LogP contribution is -2.50. The van der Waals surface area contributed by atoms with Crippen LogP contribution in [0.5, 0.6) is 5.75 Å². The van der Waals surface area contributed by atoms with Crippen molar-refractivity contribution in [2.24, 2.45) is 4.99 Å². The zero-order chi connectivity index (χ0) is 44.4. The summed E-state index contributed by atoms with van der Waals surface area (Å²) in [6.45, 7) is -5.21. The molecule has 2 fully saturated rings. The van der Waals surface area contributed by atoms with E-state index < -0.39 is 77.4 Å². The number of carbonyl (C=O) groups is 2. The maximum Gasteiger partial charge on any atom is 0.419 e. The van der Waals surface area contributed by atoms with Crippen LogP contribution in [0.1, 0.15) is 95.8 Å². The second-order valence-corrected chi connectivity index (χ2v) is 14.3. The number of nitrogens with one attached hydrogen (secondary N) is 1. The molecule has 3 aliphatic rings. The van der Waals surface area contributed by atoms with Gasteiger partial charge in [-0.1, -0.05) is 13.2 Å². The number of likely N-dealkylation sites (tertiary alicyclic amines) is 1. The van der Waals surface area contributed by atoms with E-state index in [1.54, 1.807) is 26.0 Å². The highest BCUT2D eigenvalue weighted by Gasteiger charge is 2.47. The average Bonchev–Trinajstić information content (AvgIpc) is 3.44. The number of halogens is 4. The zero-order valence-electron chi connectivity index (χ0n) is 36.2. The Balaban J connectivity index is 1.30. The molecule has 3 heterocycles. The van der Waals surface area contributed by atoms with E-state index in [0.717, 1.165) is 15.8 Å². The number of piperidine rings is 2. The minimum absolute atomic E-state index is 0.101. The van der Waals surface area contributed by atoms with Gasteiger partial charge in [0.15, 0.2) is 0 Å². The van der Waals surface area contributed by atoms with Crippen LogP contribution < -0.4 is 10.1 Å². The number of rotatable bonds is 10. The van der Waals surface area contributed by atoms with Crippen molar-refractivity contribution in [2.75, 3.05) is 39.4 Å². The smallest absolute Gasteiger partial charge is 0.419 e. The van der Waals surface area contributed by atoms with Gasteiger partial charge < -0.3 is 20.1 Å². The van der Waals surface area contributed by atoms with Crippen molar-refractivity contribution >= 4 is 33.7 Å². The van der Waals surface area contributed by atoms with Gasteiger partial charge in [0, 0.05) is 52.3 Å². The summed E-state index contributed by atoms with van der Waals surface area (Å²) in [5.74, 6) is -2.65. The Morgan fingerprint density at radius 3 is 2.38 bits per heavy atom. The van der Waals surface area contributed by atoms with Gasteiger partial charge in [-0.25, -0.2) is 12.8 Å². The molecule has 2 aromatic carbocycles. The summed E-state index contributed by atoms with van der Waals surface area (Å²) >= 11 is 0. The number of amides is 2. The van der Waals surface area contributed by atoms with Crippen LogP contribution in [-0.2, 0) is 21.0 Å². The predicted octanol–water partition coefficient (Wildman–Crippen LogP) is 5.15. The lowest BCUT2D eigenvalue weighted by Gasteiger charge is -2.36. The molecule has 0 unspecified atom stereocenters. The van der Waals surface area contributed by atoms with E-state index in [1.165, 1.54) is 11.0 Å². The molecule has 50 heavy (non-hydrogen) atoms. The maximum absolute atomic E-state index is 14.3. The first kappa shape index (κ1) is 26.9. The molecule has 2 amide bonds. The molecule has 0 bridgehead atoms. The molecule has 5 rings (SSSR count). The molecular weight excluding hydrogens is 680 g/mol. The van der Waals surface area contributed by atoms with Gasteiger partial charge in [0.1, 0.15) is 23.8 Å². The summed E-state index contributed by atoms with van der Waals surface area (Å²) < 4.78 is 158.